The fourth-order valence-corrected chi connectivity index (χ4v) is 7.51. The molecule has 13 heteroatoms. The van der Waals surface area contributed by atoms with Gasteiger partial charge in [-0.2, -0.15) is 0 Å². The number of hydrogen-bond donors (Lipinski definition) is 5. The average molecular weight is 637 g/mol. The van der Waals surface area contributed by atoms with Gasteiger partial charge in [-0.15, -0.1) is 0 Å². The van der Waals surface area contributed by atoms with Gasteiger partial charge in [-0.1, -0.05) is 42.5 Å². The molecule has 6 atom stereocenters. The first kappa shape index (κ1) is 31.7. The molecule has 4 aliphatic rings. The number of aliphatic carboxylic acids is 1. The van der Waals surface area contributed by atoms with Gasteiger partial charge in [0, 0.05) is 35.7 Å². The lowest BCUT2D eigenvalue weighted by atomic mass is 9.50. The first-order valence-corrected chi connectivity index (χ1v) is 15.2. The van der Waals surface area contributed by atoms with E-state index in [2.05, 4.69) is 10.2 Å². The van der Waals surface area contributed by atoms with E-state index in [0.717, 1.165) is 11.1 Å². The van der Waals surface area contributed by atoms with Crippen molar-refractivity contribution in [1.82, 2.24) is 10.2 Å². The number of nitrogens with one attached hydrogen (secondary N) is 1. The predicted molar refractivity (Wildman–Crippen MR) is 158 cm³/mol. The molecule has 244 valence electrons. The largest absolute Gasteiger partial charge is 0.481 e. The number of carbonyl (C=O) groups excluding carboxylic acids is 3. The van der Waals surface area contributed by atoms with Crippen LogP contribution in [0.1, 0.15) is 54.0 Å². The smallest absolute Gasteiger partial charge is 0.357 e. The number of amides is 1. The predicted octanol–water partition coefficient (Wildman–Crippen LogP) is 0.626. The van der Waals surface area contributed by atoms with E-state index in [4.69, 9.17) is 19.3 Å². The molecule has 0 saturated carbocycles. The van der Waals surface area contributed by atoms with Crippen LogP contribution in [-0.4, -0.2) is 93.1 Å². The molecule has 0 radical (unpaired) electrons. The summed E-state index contributed by atoms with van der Waals surface area (Å²) in [7, 11) is 1.98. The highest BCUT2D eigenvalue weighted by atomic mass is 16.6. The van der Waals surface area contributed by atoms with Gasteiger partial charge in [0.05, 0.1) is 30.5 Å². The zero-order valence-electron chi connectivity index (χ0n) is 25.2. The van der Waals surface area contributed by atoms with Crippen LogP contribution >= 0.6 is 0 Å². The Hall–Kier alpha value is -4.30. The number of carboxylic acid groups (broad SMARTS) is 1. The van der Waals surface area contributed by atoms with Crippen molar-refractivity contribution in [3.05, 3.63) is 76.6 Å². The Balaban J connectivity index is 1.23. The molecule has 13 nitrogen and oxygen atoms in total. The Bertz CT molecular complexity index is 1590. The van der Waals surface area contributed by atoms with Crippen molar-refractivity contribution in [3.63, 3.8) is 0 Å². The van der Waals surface area contributed by atoms with Crippen molar-refractivity contribution in [1.29, 1.82) is 0 Å². The van der Waals surface area contributed by atoms with E-state index in [9.17, 15) is 34.5 Å². The van der Waals surface area contributed by atoms with Crippen LogP contribution in [0.4, 0.5) is 0 Å². The third kappa shape index (κ3) is 5.13. The zero-order chi connectivity index (χ0) is 32.8. The Morgan fingerprint density at radius 2 is 1.91 bits per heavy atom. The SMILES string of the molecule is CN1CC[C@]23c4c5ccc(CO)c4O[C@H]2C(OC(=O)[C@H](OC(=O)CCNC(=O)C[C@H](O)C(=O)O)c2ccccc2)=CC[C@@]3(O)[C@H]1C5. The Morgan fingerprint density at radius 3 is 2.63 bits per heavy atom. The summed E-state index contributed by atoms with van der Waals surface area (Å²) in [6.45, 7) is 0.192. The van der Waals surface area contributed by atoms with Crippen molar-refractivity contribution in [3.8, 4) is 5.75 Å². The van der Waals surface area contributed by atoms with E-state index in [1.54, 1.807) is 36.4 Å². The van der Waals surface area contributed by atoms with Crippen molar-refractivity contribution >= 4 is 23.8 Å². The third-order valence-corrected chi connectivity index (χ3v) is 9.73. The van der Waals surface area contributed by atoms with E-state index in [1.165, 1.54) is 0 Å². The lowest BCUT2D eigenvalue weighted by molar-refractivity contribution is -0.176. The molecule has 46 heavy (non-hydrogen) atoms. The second-order valence-corrected chi connectivity index (χ2v) is 12.3. The van der Waals surface area contributed by atoms with Gasteiger partial charge in [-0.25, -0.2) is 9.59 Å². The Labute approximate surface area is 264 Å². The fourth-order valence-electron chi connectivity index (χ4n) is 7.51. The summed E-state index contributed by atoms with van der Waals surface area (Å²) in [6.07, 6.45) is -2.25. The molecule has 2 bridgehead atoms. The van der Waals surface area contributed by atoms with Gasteiger partial charge in [-0.05, 0) is 38.1 Å². The van der Waals surface area contributed by atoms with Crippen molar-refractivity contribution < 1.29 is 53.8 Å². The molecule has 0 aromatic heterocycles. The average Bonchev–Trinajstić information content (AvgIpc) is 3.39. The van der Waals surface area contributed by atoms with E-state index in [0.29, 0.717) is 36.3 Å². The summed E-state index contributed by atoms with van der Waals surface area (Å²) in [6, 6.07) is 11.9. The molecular weight excluding hydrogens is 600 g/mol. The maximum absolute atomic E-state index is 13.8. The first-order chi connectivity index (χ1) is 22.0. The second kappa shape index (κ2) is 12.1. The summed E-state index contributed by atoms with van der Waals surface area (Å²) in [5.74, 6) is -3.34. The molecule has 1 amide bonds. The van der Waals surface area contributed by atoms with Gasteiger partial charge in [-0.3, -0.25) is 9.59 Å². The van der Waals surface area contributed by atoms with Crippen LogP contribution in [0.3, 0.4) is 0 Å². The number of carbonyl (C=O) groups is 4. The van der Waals surface area contributed by atoms with Gasteiger partial charge in [0.15, 0.2) is 12.2 Å². The van der Waals surface area contributed by atoms with Crippen LogP contribution in [0.5, 0.6) is 5.75 Å². The van der Waals surface area contributed by atoms with Gasteiger partial charge in [0.1, 0.15) is 11.5 Å². The summed E-state index contributed by atoms with van der Waals surface area (Å²) in [5.41, 5.74) is 0.647. The van der Waals surface area contributed by atoms with Gasteiger partial charge in [0.25, 0.3) is 0 Å². The molecule has 2 aliphatic carbocycles. The number of nitrogens with zero attached hydrogens (tertiary/aromatic N) is 1. The molecule has 5 N–H and O–H groups in total. The quantitative estimate of drug-likeness (QED) is 0.217. The standard InChI is InChI=1S/C33H36N2O11/c1-35-14-12-32-26-19-7-8-20(17-36)27(26)46-29(32)22(9-11-33(32,43)23(35)15-19)44-31(42)28(18-5-3-2-4-6-18)45-25(39)10-13-34-24(38)16-21(37)30(40)41/h2-9,21,23,28-29,36-37,43H,10-17H2,1H3,(H,34,38)(H,40,41)/t21-,23+,28+,29-,32-,33+/m0/s1. The molecule has 1 saturated heterocycles. The minimum Gasteiger partial charge on any atom is -0.481 e. The fraction of sp³-hybridized carbons (Fsp3) is 0.455. The van der Waals surface area contributed by atoms with Crippen LogP contribution in [0.2, 0.25) is 0 Å². The molecule has 6 rings (SSSR count). The molecule has 2 aliphatic heterocycles. The summed E-state index contributed by atoms with van der Waals surface area (Å²) >= 11 is 0. The number of carboxylic acids is 1. The molecule has 2 heterocycles. The number of benzene rings is 2. The molecule has 0 unspecified atom stereocenters. The van der Waals surface area contributed by atoms with Crippen LogP contribution in [0.25, 0.3) is 0 Å². The summed E-state index contributed by atoms with van der Waals surface area (Å²) in [5, 5.41) is 43.0. The maximum atomic E-state index is 13.8. The minimum absolute atomic E-state index is 0.187. The number of piperidine rings is 1. The number of likely N-dealkylation sites (N-methyl/N-ethyl adjacent to an activating group) is 1. The van der Waals surface area contributed by atoms with E-state index in [-0.39, 0.29) is 37.8 Å². The van der Waals surface area contributed by atoms with Crippen molar-refractivity contribution in [2.45, 2.75) is 74.1 Å². The van der Waals surface area contributed by atoms with E-state index >= 15 is 0 Å². The monoisotopic (exact) mass is 636 g/mol. The molecule has 2 aromatic rings. The molecule has 2 aromatic carbocycles. The number of esters is 2. The summed E-state index contributed by atoms with van der Waals surface area (Å²) < 4.78 is 18.0. The number of aliphatic hydroxyl groups excluding tert-OH is 2. The highest BCUT2D eigenvalue weighted by molar-refractivity contribution is 5.84. The van der Waals surface area contributed by atoms with Crippen molar-refractivity contribution in [2.75, 3.05) is 20.1 Å². The minimum atomic E-state index is -1.87. The molecule has 1 spiro atoms. The highest BCUT2D eigenvalue weighted by Crippen LogP contribution is 2.64. The van der Waals surface area contributed by atoms with E-state index in [1.807, 2.05) is 19.2 Å². The summed E-state index contributed by atoms with van der Waals surface area (Å²) in [4.78, 5) is 51.4. The first-order valence-electron chi connectivity index (χ1n) is 15.2. The molecule has 1 fully saturated rings. The number of aliphatic hydroxyl groups is 3. The molecular formula is C33H36N2O11. The van der Waals surface area contributed by atoms with Gasteiger partial charge in [0.2, 0.25) is 12.0 Å². The number of ether oxygens (including phenoxy) is 3. The number of likely N-dealkylation sites (tertiary alicyclic amines) is 1. The van der Waals surface area contributed by atoms with Crippen LogP contribution in [0, 0.1) is 0 Å². The van der Waals surface area contributed by atoms with E-state index < -0.39 is 59.6 Å². The van der Waals surface area contributed by atoms with Crippen molar-refractivity contribution in [2.24, 2.45) is 0 Å². The van der Waals surface area contributed by atoms with Gasteiger partial charge < -0.3 is 44.9 Å². The highest BCUT2D eigenvalue weighted by Gasteiger charge is 2.72. The van der Waals surface area contributed by atoms with Crippen LogP contribution < -0.4 is 10.1 Å². The second-order valence-electron chi connectivity index (χ2n) is 12.3. The maximum Gasteiger partial charge on any atom is 0.357 e. The van der Waals surface area contributed by atoms with Crippen LogP contribution in [0.15, 0.2) is 54.3 Å². The van der Waals surface area contributed by atoms with Crippen LogP contribution in [-0.2, 0) is 47.1 Å². The number of hydrogen-bond acceptors (Lipinski definition) is 11. The lowest BCUT2D eigenvalue weighted by Gasteiger charge is -2.61. The normalized spacial score (nSPS) is 26.9. The van der Waals surface area contributed by atoms with Gasteiger partial charge >= 0.3 is 17.9 Å². The Kier molecular flexibility index (Phi) is 8.36. The Morgan fingerprint density at radius 1 is 1.15 bits per heavy atom. The lowest BCUT2D eigenvalue weighted by Crippen LogP contribution is -2.74. The number of rotatable bonds is 11. The third-order valence-electron chi connectivity index (χ3n) is 9.73. The topological polar surface area (TPSA) is 192 Å². The zero-order valence-corrected chi connectivity index (χ0v) is 25.2.